The average molecular weight is 214 g/mol. The van der Waals surface area contributed by atoms with Crippen molar-refractivity contribution < 1.29 is 45.6 Å². The van der Waals surface area contributed by atoms with Crippen molar-refractivity contribution >= 4 is 5.97 Å². The molecule has 1 atom stereocenters. The van der Waals surface area contributed by atoms with E-state index in [2.05, 4.69) is 0 Å². The van der Waals surface area contributed by atoms with Crippen molar-refractivity contribution in [1.82, 2.24) is 0 Å². The molecule has 0 spiro atoms. The second-order valence-corrected chi connectivity index (χ2v) is 2.57. The van der Waals surface area contributed by atoms with Gasteiger partial charge in [0.1, 0.15) is 0 Å². The molecule has 0 radical (unpaired) electrons. The third-order valence-corrected chi connectivity index (χ3v) is 1.52. The van der Waals surface area contributed by atoms with Crippen molar-refractivity contribution in [2.75, 3.05) is 0 Å². The van der Waals surface area contributed by atoms with E-state index in [0.29, 0.717) is 0 Å². The number of hydrogen-bond donors (Lipinski definition) is 8. The van der Waals surface area contributed by atoms with Gasteiger partial charge in [0.25, 0.3) is 11.6 Å². The molecular weight excluding hydrogens is 204 g/mol. The van der Waals surface area contributed by atoms with Crippen LogP contribution in [0, 0.1) is 0 Å². The molecule has 0 saturated carbocycles. The summed E-state index contributed by atoms with van der Waals surface area (Å²) in [6.45, 7) is 0. The highest BCUT2D eigenvalue weighted by molar-refractivity contribution is 5.73. The molecule has 0 aliphatic rings. The van der Waals surface area contributed by atoms with Gasteiger partial charge in [-0.25, -0.2) is 4.79 Å². The van der Waals surface area contributed by atoms with E-state index in [1.54, 1.807) is 0 Å². The first-order chi connectivity index (χ1) is 6.05. The molecule has 14 heavy (non-hydrogen) atoms. The predicted molar refractivity (Wildman–Crippen MR) is 36.2 cm³/mol. The van der Waals surface area contributed by atoms with Crippen LogP contribution in [0.3, 0.4) is 0 Å². The number of aliphatic carboxylic acids is 1. The van der Waals surface area contributed by atoms with Gasteiger partial charge >= 0.3 is 5.97 Å². The van der Waals surface area contributed by atoms with Gasteiger partial charge in [0.05, 0.1) is 0 Å². The molecule has 0 rings (SSSR count). The second kappa shape index (κ2) is 3.74. The van der Waals surface area contributed by atoms with Gasteiger partial charge in [-0.2, -0.15) is 0 Å². The van der Waals surface area contributed by atoms with Crippen LogP contribution in [0.1, 0.15) is 0 Å². The molecule has 0 aromatic heterocycles. The molecule has 0 heterocycles. The Morgan fingerprint density at radius 1 is 0.929 bits per heavy atom. The Labute approximate surface area is 76.7 Å². The predicted octanol–water partition coefficient (Wildman–Crippen LogP) is -4.90. The van der Waals surface area contributed by atoms with E-state index in [-0.39, 0.29) is 0 Å². The molecule has 0 bridgehead atoms. The Hall–Kier alpha value is -0.810. The van der Waals surface area contributed by atoms with Crippen LogP contribution in [-0.2, 0) is 4.79 Å². The van der Waals surface area contributed by atoms with Gasteiger partial charge in [0, 0.05) is 0 Å². The number of hydrogen-bond acceptors (Lipinski definition) is 8. The summed E-state index contributed by atoms with van der Waals surface area (Å²) in [5, 5.41) is 68.1. The number of carboxylic acids is 1. The highest BCUT2D eigenvalue weighted by atomic mass is 16.7. The van der Waals surface area contributed by atoms with Crippen molar-refractivity contribution in [2.45, 2.75) is 24.0 Å². The number of aliphatic hydroxyl groups is 7. The van der Waals surface area contributed by atoms with Crippen molar-refractivity contribution in [1.29, 1.82) is 0 Å². The quantitative estimate of drug-likeness (QED) is 0.213. The number of carbonyl (C=O) groups is 1. The summed E-state index contributed by atoms with van der Waals surface area (Å²) in [6, 6.07) is 0. The molecule has 1 unspecified atom stereocenters. The number of carboxylic acid groups (broad SMARTS) is 1. The zero-order chi connectivity index (χ0) is 11.7. The number of aliphatic hydroxyl groups excluding tert-OH is 2. The minimum atomic E-state index is -4.03. The summed E-state index contributed by atoms with van der Waals surface area (Å²) >= 11 is 0. The summed E-state index contributed by atoms with van der Waals surface area (Å²) in [5.41, 5.74) is 0. The van der Waals surface area contributed by atoms with Crippen molar-refractivity contribution in [3.8, 4) is 0 Å². The molecule has 9 heteroatoms. The maximum Gasteiger partial charge on any atom is 0.338 e. The van der Waals surface area contributed by atoms with Gasteiger partial charge < -0.3 is 40.9 Å². The van der Waals surface area contributed by atoms with Gasteiger partial charge in [-0.15, -0.1) is 0 Å². The molecule has 9 nitrogen and oxygen atoms in total. The Balaban J connectivity index is 5.03. The first-order valence-corrected chi connectivity index (χ1v) is 3.21. The van der Waals surface area contributed by atoms with Crippen molar-refractivity contribution in [3.63, 3.8) is 0 Å². The molecule has 84 valence electrons. The highest BCUT2D eigenvalue weighted by Gasteiger charge is 2.59. The molecule has 0 aliphatic carbocycles. The maximum absolute atomic E-state index is 10.1. The van der Waals surface area contributed by atoms with Crippen LogP contribution in [0.4, 0.5) is 0 Å². The molecule has 8 N–H and O–H groups in total. The zero-order valence-corrected chi connectivity index (χ0v) is 6.64. The van der Waals surface area contributed by atoms with Gasteiger partial charge in [0.2, 0.25) is 12.4 Å². The summed E-state index contributed by atoms with van der Waals surface area (Å²) in [6.07, 6.45) is -6.11. The summed E-state index contributed by atoms with van der Waals surface area (Å²) in [4.78, 5) is 10.1. The first kappa shape index (κ1) is 13.2. The Bertz CT molecular complexity index is 219. The fourth-order valence-corrected chi connectivity index (χ4v) is 0.563. The normalized spacial score (nSPS) is 15.7. The third kappa shape index (κ3) is 1.99. The van der Waals surface area contributed by atoms with Gasteiger partial charge in [0.15, 0.2) is 0 Å². The van der Waals surface area contributed by atoms with Crippen LogP contribution in [0.25, 0.3) is 0 Å². The third-order valence-electron chi connectivity index (χ3n) is 1.52. The largest absolute Gasteiger partial charge is 0.479 e. The second-order valence-electron chi connectivity index (χ2n) is 2.57. The van der Waals surface area contributed by atoms with E-state index in [1.807, 2.05) is 0 Å². The summed E-state index contributed by atoms with van der Waals surface area (Å²) in [5.74, 6) is -10.2. The number of rotatable bonds is 4. The molecular formula is C5H10O9. The van der Waals surface area contributed by atoms with Crippen LogP contribution in [0.2, 0.25) is 0 Å². The van der Waals surface area contributed by atoms with Gasteiger partial charge in [-0.05, 0) is 0 Å². The van der Waals surface area contributed by atoms with E-state index >= 15 is 0 Å². The molecule has 0 saturated heterocycles. The monoisotopic (exact) mass is 214 g/mol. The molecule has 0 aromatic rings. The van der Waals surface area contributed by atoms with E-state index in [4.69, 9.17) is 40.9 Å². The Morgan fingerprint density at radius 2 is 1.29 bits per heavy atom. The zero-order valence-electron chi connectivity index (χ0n) is 6.64. The van der Waals surface area contributed by atoms with Crippen molar-refractivity contribution in [2.24, 2.45) is 0 Å². The van der Waals surface area contributed by atoms with Crippen LogP contribution < -0.4 is 0 Å². The van der Waals surface area contributed by atoms with E-state index < -0.39 is 29.9 Å². The van der Waals surface area contributed by atoms with Crippen LogP contribution in [0.15, 0.2) is 0 Å². The molecule has 0 fully saturated rings. The van der Waals surface area contributed by atoms with Crippen LogP contribution in [0.5, 0.6) is 0 Å². The smallest absolute Gasteiger partial charge is 0.338 e. The van der Waals surface area contributed by atoms with E-state index in [9.17, 15) is 4.79 Å². The highest BCUT2D eigenvalue weighted by Crippen LogP contribution is 2.23. The minimum absolute atomic E-state index is 2.19. The minimum Gasteiger partial charge on any atom is -0.479 e. The van der Waals surface area contributed by atoms with E-state index in [1.165, 1.54) is 0 Å². The lowest BCUT2D eigenvalue weighted by Crippen LogP contribution is -2.68. The maximum atomic E-state index is 10.1. The fraction of sp³-hybridized carbons (Fsp3) is 0.800. The SMILES string of the molecule is O=C(O)C(O)C(O)(O)C(O)(O)C(O)O. The molecule has 0 amide bonds. The lowest BCUT2D eigenvalue weighted by Gasteiger charge is -2.36. The van der Waals surface area contributed by atoms with Crippen LogP contribution >= 0.6 is 0 Å². The standard InChI is InChI=1S/C5H10O9/c6-1(2(7)8)4(11,12)5(13,14)3(9)10/h1,3,6,9-14H,(H,7,8). The van der Waals surface area contributed by atoms with Crippen LogP contribution in [-0.4, -0.2) is 70.8 Å². The Kier molecular flexibility index (Phi) is 3.53. The Morgan fingerprint density at radius 3 is 1.50 bits per heavy atom. The van der Waals surface area contributed by atoms with Gasteiger partial charge in [-0.1, -0.05) is 0 Å². The molecule has 0 aliphatic heterocycles. The van der Waals surface area contributed by atoms with Gasteiger partial charge in [-0.3, -0.25) is 0 Å². The lowest BCUT2D eigenvalue weighted by atomic mass is 9.99. The fourth-order valence-electron chi connectivity index (χ4n) is 0.563. The van der Waals surface area contributed by atoms with E-state index in [0.717, 1.165) is 0 Å². The summed E-state index contributed by atoms with van der Waals surface area (Å²) in [7, 11) is 0. The summed E-state index contributed by atoms with van der Waals surface area (Å²) < 4.78 is 0. The topological polar surface area (TPSA) is 179 Å². The first-order valence-electron chi connectivity index (χ1n) is 3.21. The lowest BCUT2D eigenvalue weighted by molar-refractivity contribution is -0.428. The average Bonchev–Trinajstić information content (AvgIpc) is 2.01. The van der Waals surface area contributed by atoms with Crippen molar-refractivity contribution in [3.05, 3.63) is 0 Å². The molecule has 0 aromatic carbocycles.